The first-order valence-corrected chi connectivity index (χ1v) is 3.65. The van der Waals surface area contributed by atoms with Gasteiger partial charge in [-0.3, -0.25) is 0 Å². The molecule has 0 amide bonds. The third kappa shape index (κ3) is 3.94. The standard InChI is InChI=1S/C8H8.C2H6/c1-8-6-4-2-3-5-7-8;1-2/h2-4,6-7H,1H3;1-2H3. The summed E-state index contributed by atoms with van der Waals surface area (Å²) < 4.78 is 0. The van der Waals surface area contributed by atoms with Crippen molar-refractivity contribution in [2.75, 3.05) is 0 Å². The lowest BCUT2D eigenvalue weighted by Crippen LogP contribution is -1.58. The maximum absolute atomic E-state index is 2.99. The van der Waals surface area contributed by atoms with E-state index in [1.165, 1.54) is 5.57 Å². The van der Waals surface area contributed by atoms with Crippen molar-refractivity contribution in [2.24, 2.45) is 0 Å². The SMILES string of the molecule is CC.CC1=CC=CC=C=C1. The molecule has 0 nitrogen and oxygen atoms in total. The van der Waals surface area contributed by atoms with Crippen LogP contribution < -0.4 is 0 Å². The molecule has 0 fully saturated rings. The Morgan fingerprint density at radius 1 is 1.20 bits per heavy atom. The lowest BCUT2D eigenvalue weighted by molar-refractivity contribution is 1.50. The Morgan fingerprint density at radius 2 is 1.90 bits per heavy atom. The molecule has 0 saturated carbocycles. The van der Waals surface area contributed by atoms with Crippen molar-refractivity contribution in [3.8, 4) is 0 Å². The minimum atomic E-state index is 1.25. The molecule has 54 valence electrons. The Bertz CT molecular complexity index is 186. The van der Waals surface area contributed by atoms with Crippen LogP contribution in [-0.2, 0) is 0 Å². The number of hydrogen-bond acceptors (Lipinski definition) is 0. The summed E-state index contributed by atoms with van der Waals surface area (Å²) in [5, 5.41) is 0. The van der Waals surface area contributed by atoms with Crippen LogP contribution in [0.4, 0.5) is 0 Å². The highest BCUT2D eigenvalue weighted by Gasteiger charge is 1.76. The summed E-state index contributed by atoms with van der Waals surface area (Å²) in [6.45, 7) is 6.05. The second-order valence-electron chi connectivity index (χ2n) is 1.77. The van der Waals surface area contributed by atoms with Crippen LogP contribution in [0.2, 0.25) is 0 Å². The van der Waals surface area contributed by atoms with E-state index in [1.54, 1.807) is 0 Å². The highest BCUT2D eigenvalue weighted by molar-refractivity contribution is 5.26. The fourth-order valence-electron chi connectivity index (χ4n) is 0.546. The molecular formula is C10H14. The third-order valence-corrected chi connectivity index (χ3v) is 0.974. The van der Waals surface area contributed by atoms with Crippen LogP contribution in [0.1, 0.15) is 20.8 Å². The monoisotopic (exact) mass is 134 g/mol. The summed E-state index contributed by atoms with van der Waals surface area (Å²) in [5.74, 6) is 0. The van der Waals surface area contributed by atoms with Crippen molar-refractivity contribution in [3.05, 3.63) is 41.7 Å². The summed E-state index contributed by atoms with van der Waals surface area (Å²) in [5.41, 5.74) is 4.24. The van der Waals surface area contributed by atoms with Crippen molar-refractivity contribution >= 4 is 0 Å². The Kier molecular flexibility index (Phi) is 5.51. The quantitative estimate of drug-likeness (QED) is 0.446. The van der Waals surface area contributed by atoms with E-state index in [1.807, 2.05) is 38.2 Å². The van der Waals surface area contributed by atoms with Gasteiger partial charge in [-0.2, -0.15) is 0 Å². The van der Waals surface area contributed by atoms with Gasteiger partial charge in [0.15, 0.2) is 0 Å². The molecule has 0 unspecified atom stereocenters. The molecule has 0 aliphatic heterocycles. The smallest absolute Gasteiger partial charge is 0.0170 e. The van der Waals surface area contributed by atoms with Crippen molar-refractivity contribution in [1.29, 1.82) is 0 Å². The Labute approximate surface area is 63.3 Å². The Hall–Kier alpha value is -1.00. The maximum Gasteiger partial charge on any atom is -0.0170 e. The van der Waals surface area contributed by atoms with Gasteiger partial charge in [0.25, 0.3) is 0 Å². The molecule has 10 heavy (non-hydrogen) atoms. The van der Waals surface area contributed by atoms with E-state index in [4.69, 9.17) is 0 Å². The zero-order chi connectivity index (χ0) is 7.82. The lowest BCUT2D eigenvalue weighted by atomic mass is 10.3. The van der Waals surface area contributed by atoms with Crippen LogP contribution in [0.5, 0.6) is 0 Å². The van der Waals surface area contributed by atoms with E-state index in [-0.39, 0.29) is 0 Å². The topological polar surface area (TPSA) is 0 Å². The van der Waals surface area contributed by atoms with Gasteiger partial charge in [-0.15, -0.1) is 5.73 Å². The molecule has 0 heterocycles. The van der Waals surface area contributed by atoms with Crippen molar-refractivity contribution in [3.63, 3.8) is 0 Å². The molecule has 0 N–H and O–H groups in total. The normalized spacial score (nSPS) is 13.3. The predicted molar refractivity (Wildman–Crippen MR) is 46.9 cm³/mol. The first-order valence-electron chi connectivity index (χ1n) is 3.65. The van der Waals surface area contributed by atoms with E-state index in [2.05, 4.69) is 18.7 Å². The minimum Gasteiger partial charge on any atom is -0.121 e. The fraction of sp³-hybridized carbons (Fsp3) is 0.300. The van der Waals surface area contributed by atoms with E-state index < -0.39 is 0 Å². The molecule has 0 atom stereocenters. The zero-order valence-electron chi connectivity index (χ0n) is 6.89. The van der Waals surface area contributed by atoms with Gasteiger partial charge >= 0.3 is 0 Å². The molecule has 1 aliphatic carbocycles. The molecule has 0 heteroatoms. The molecule has 0 bridgehead atoms. The number of allylic oxidation sites excluding steroid dienone is 5. The van der Waals surface area contributed by atoms with Crippen LogP contribution in [0.15, 0.2) is 41.7 Å². The second kappa shape index (κ2) is 6.12. The third-order valence-electron chi connectivity index (χ3n) is 0.974. The van der Waals surface area contributed by atoms with Gasteiger partial charge in [-0.1, -0.05) is 32.1 Å². The fourth-order valence-corrected chi connectivity index (χ4v) is 0.546. The number of hydrogen-bond donors (Lipinski definition) is 0. The van der Waals surface area contributed by atoms with Crippen LogP contribution in [0.3, 0.4) is 0 Å². The van der Waals surface area contributed by atoms with Gasteiger partial charge in [-0.05, 0) is 24.6 Å². The van der Waals surface area contributed by atoms with Gasteiger partial charge in [-0.25, -0.2) is 0 Å². The first-order chi connectivity index (χ1) is 4.89. The van der Waals surface area contributed by atoms with E-state index in [9.17, 15) is 0 Å². The van der Waals surface area contributed by atoms with Crippen LogP contribution >= 0.6 is 0 Å². The van der Waals surface area contributed by atoms with E-state index in [0.717, 1.165) is 0 Å². The van der Waals surface area contributed by atoms with Gasteiger partial charge in [0.05, 0.1) is 0 Å². The summed E-state index contributed by atoms with van der Waals surface area (Å²) in [6, 6.07) is 0. The molecule has 1 aliphatic rings. The molecule has 0 spiro atoms. The minimum absolute atomic E-state index is 1.25. The summed E-state index contributed by atoms with van der Waals surface area (Å²) >= 11 is 0. The van der Waals surface area contributed by atoms with Gasteiger partial charge in [0.2, 0.25) is 0 Å². The molecule has 0 aromatic carbocycles. The van der Waals surface area contributed by atoms with Crippen LogP contribution in [0.25, 0.3) is 0 Å². The summed E-state index contributed by atoms with van der Waals surface area (Å²) in [4.78, 5) is 0. The highest BCUT2D eigenvalue weighted by Crippen LogP contribution is 1.96. The highest BCUT2D eigenvalue weighted by atomic mass is 13.8. The molecule has 1 rings (SSSR count). The lowest BCUT2D eigenvalue weighted by Gasteiger charge is -1.78. The van der Waals surface area contributed by atoms with Crippen molar-refractivity contribution < 1.29 is 0 Å². The molecule has 0 aromatic heterocycles. The average molecular weight is 134 g/mol. The van der Waals surface area contributed by atoms with Crippen LogP contribution in [-0.4, -0.2) is 0 Å². The Morgan fingerprint density at radius 3 is 2.60 bits per heavy atom. The van der Waals surface area contributed by atoms with Gasteiger partial charge in [0.1, 0.15) is 0 Å². The van der Waals surface area contributed by atoms with Crippen LogP contribution in [0, 0.1) is 0 Å². The molecule has 0 radical (unpaired) electrons. The van der Waals surface area contributed by atoms with Gasteiger partial charge < -0.3 is 0 Å². The molecular weight excluding hydrogens is 120 g/mol. The zero-order valence-corrected chi connectivity index (χ0v) is 6.89. The van der Waals surface area contributed by atoms with E-state index >= 15 is 0 Å². The first kappa shape index (κ1) is 9.00. The average Bonchev–Trinajstić information content (AvgIpc) is 2.21. The van der Waals surface area contributed by atoms with Crippen molar-refractivity contribution in [2.45, 2.75) is 20.8 Å². The van der Waals surface area contributed by atoms with E-state index in [0.29, 0.717) is 0 Å². The largest absolute Gasteiger partial charge is 0.121 e. The molecule has 0 aromatic rings. The maximum atomic E-state index is 2.99. The van der Waals surface area contributed by atoms with Gasteiger partial charge in [0, 0.05) is 0 Å². The van der Waals surface area contributed by atoms with Crippen molar-refractivity contribution in [1.82, 2.24) is 0 Å². The number of rotatable bonds is 0. The predicted octanol–water partition coefficient (Wildman–Crippen LogP) is 3.24. The summed E-state index contributed by atoms with van der Waals surface area (Å²) in [6.07, 6.45) is 9.88. The summed E-state index contributed by atoms with van der Waals surface area (Å²) in [7, 11) is 0. The Balaban J connectivity index is 0.000000371. The molecule has 0 saturated heterocycles. The second-order valence-corrected chi connectivity index (χ2v) is 1.77.